The summed E-state index contributed by atoms with van der Waals surface area (Å²) in [6.45, 7) is 5.53. The predicted octanol–water partition coefficient (Wildman–Crippen LogP) is 1.13. The lowest BCUT2D eigenvalue weighted by atomic mass is 9.92. The maximum absolute atomic E-state index is 12.9. The number of rotatable bonds is 6. The quantitative estimate of drug-likeness (QED) is 0.714. The van der Waals surface area contributed by atoms with E-state index in [0.717, 1.165) is 6.42 Å². The summed E-state index contributed by atoms with van der Waals surface area (Å²) in [5.41, 5.74) is 0. The summed E-state index contributed by atoms with van der Waals surface area (Å²) in [5, 5.41) is 5.64. The molecule has 0 radical (unpaired) electrons. The third kappa shape index (κ3) is 4.90. The molecule has 2 saturated heterocycles. The van der Waals surface area contributed by atoms with Crippen molar-refractivity contribution in [1.29, 1.82) is 0 Å². The van der Waals surface area contributed by atoms with Gasteiger partial charge in [0.1, 0.15) is 11.8 Å². The van der Waals surface area contributed by atoms with E-state index in [4.69, 9.17) is 4.74 Å². The number of hydrogen-bond donors (Lipinski definition) is 2. The van der Waals surface area contributed by atoms with Crippen molar-refractivity contribution in [2.45, 2.75) is 44.0 Å². The lowest BCUT2D eigenvalue weighted by Crippen LogP contribution is -2.56. The number of nitrogens with zero attached hydrogens (tertiary/aromatic N) is 1. The Kier molecular flexibility index (Phi) is 6.79. The Morgan fingerprint density at radius 1 is 1.21 bits per heavy atom. The summed E-state index contributed by atoms with van der Waals surface area (Å²) >= 11 is 0. The molecule has 0 unspecified atom stereocenters. The Hall–Kier alpha value is -2.13. The molecule has 2 aliphatic heterocycles. The van der Waals surface area contributed by atoms with Gasteiger partial charge in [0.25, 0.3) is 0 Å². The summed E-state index contributed by atoms with van der Waals surface area (Å²) in [4.78, 5) is 24.8. The molecule has 1 aromatic rings. The van der Waals surface area contributed by atoms with Gasteiger partial charge in [0, 0.05) is 25.6 Å². The van der Waals surface area contributed by atoms with Crippen LogP contribution in [0.3, 0.4) is 0 Å². The van der Waals surface area contributed by atoms with E-state index >= 15 is 0 Å². The van der Waals surface area contributed by atoms with Gasteiger partial charge in [-0.25, -0.2) is 8.42 Å². The molecule has 0 saturated carbocycles. The molecule has 0 aliphatic carbocycles. The summed E-state index contributed by atoms with van der Waals surface area (Å²) < 4.78 is 32.5. The molecule has 2 amide bonds. The van der Waals surface area contributed by atoms with Gasteiger partial charge < -0.3 is 15.4 Å². The second-order valence-electron chi connectivity index (χ2n) is 7.63. The molecule has 2 atom stereocenters. The highest BCUT2D eigenvalue weighted by atomic mass is 32.2. The number of nitrogens with one attached hydrogen (secondary N) is 2. The first-order chi connectivity index (χ1) is 13.8. The van der Waals surface area contributed by atoms with Crippen LogP contribution in [0.5, 0.6) is 5.75 Å². The van der Waals surface area contributed by atoms with Gasteiger partial charge in [0.15, 0.2) is 0 Å². The van der Waals surface area contributed by atoms with E-state index in [-0.39, 0.29) is 41.6 Å². The van der Waals surface area contributed by atoms with E-state index in [2.05, 4.69) is 10.6 Å². The van der Waals surface area contributed by atoms with E-state index < -0.39 is 16.1 Å². The van der Waals surface area contributed by atoms with E-state index in [1.165, 1.54) is 4.31 Å². The molecule has 2 heterocycles. The molecule has 1 aromatic carbocycles. The minimum atomic E-state index is -3.61. The van der Waals surface area contributed by atoms with Crippen LogP contribution in [-0.4, -0.2) is 56.8 Å². The largest absolute Gasteiger partial charge is 0.494 e. The van der Waals surface area contributed by atoms with Gasteiger partial charge in [0.2, 0.25) is 21.8 Å². The highest BCUT2D eigenvalue weighted by molar-refractivity contribution is 7.89. The maximum atomic E-state index is 12.9. The molecule has 160 valence electrons. The third-order valence-electron chi connectivity index (χ3n) is 5.65. The smallest absolute Gasteiger partial charge is 0.243 e. The summed E-state index contributed by atoms with van der Waals surface area (Å²) in [6, 6.07) is 5.87. The number of benzene rings is 1. The topological polar surface area (TPSA) is 105 Å². The standard InChI is InChI=1S/C20H29N3O5S/c1-3-28-16-4-6-17(7-5-16)29(26,27)23-12-9-15(10-13-23)19(24)22-18-14(2)8-11-21-20(18)25/h4-7,14-15,18H,3,8-13H2,1-2H3,(H,21,25)(H,22,24)/t14-,18+/m0/s1. The lowest BCUT2D eigenvalue weighted by molar-refractivity contribution is -0.134. The van der Waals surface area contributed by atoms with Crippen LogP contribution in [0, 0.1) is 11.8 Å². The molecule has 0 spiro atoms. The van der Waals surface area contributed by atoms with Crippen LogP contribution in [0.2, 0.25) is 0 Å². The Morgan fingerprint density at radius 3 is 2.45 bits per heavy atom. The van der Waals surface area contributed by atoms with Crippen LogP contribution >= 0.6 is 0 Å². The van der Waals surface area contributed by atoms with Crippen LogP contribution in [0.1, 0.15) is 33.1 Å². The van der Waals surface area contributed by atoms with E-state index in [9.17, 15) is 18.0 Å². The number of amides is 2. The molecular formula is C20H29N3O5S. The fourth-order valence-electron chi connectivity index (χ4n) is 3.82. The molecular weight excluding hydrogens is 394 g/mol. The zero-order chi connectivity index (χ0) is 21.0. The second-order valence-corrected chi connectivity index (χ2v) is 9.56. The van der Waals surface area contributed by atoms with E-state index in [1.807, 2.05) is 13.8 Å². The van der Waals surface area contributed by atoms with Gasteiger partial charge in [-0.3, -0.25) is 9.59 Å². The van der Waals surface area contributed by atoms with Crippen molar-refractivity contribution in [3.63, 3.8) is 0 Å². The van der Waals surface area contributed by atoms with Crippen LogP contribution < -0.4 is 15.4 Å². The lowest BCUT2D eigenvalue weighted by Gasteiger charge is -2.33. The van der Waals surface area contributed by atoms with E-state index in [0.29, 0.717) is 31.7 Å². The van der Waals surface area contributed by atoms with Crippen molar-refractivity contribution in [1.82, 2.24) is 14.9 Å². The Labute approximate surface area is 172 Å². The second kappa shape index (κ2) is 9.13. The van der Waals surface area contributed by atoms with Gasteiger partial charge in [-0.2, -0.15) is 4.31 Å². The molecule has 9 heteroatoms. The van der Waals surface area contributed by atoms with Gasteiger partial charge in [-0.1, -0.05) is 6.92 Å². The molecule has 29 heavy (non-hydrogen) atoms. The number of sulfonamides is 1. The number of ether oxygens (including phenoxy) is 1. The molecule has 3 rings (SSSR count). The monoisotopic (exact) mass is 423 g/mol. The highest BCUT2D eigenvalue weighted by Crippen LogP contribution is 2.26. The van der Waals surface area contributed by atoms with Crippen molar-refractivity contribution < 1.29 is 22.7 Å². The first-order valence-corrected chi connectivity index (χ1v) is 11.6. The average molecular weight is 424 g/mol. The van der Waals surface area contributed by atoms with Crippen LogP contribution in [0.25, 0.3) is 0 Å². The van der Waals surface area contributed by atoms with Gasteiger partial charge in [-0.05, 0) is 56.4 Å². The van der Waals surface area contributed by atoms with Crippen molar-refractivity contribution in [2.24, 2.45) is 11.8 Å². The van der Waals surface area contributed by atoms with Crippen molar-refractivity contribution in [3.05, 3.63) is 24.3 Å². The maximum Gasteiger partial charge on any atom is 0.243 e. The number of carbonyl (C=O) groups is 2. The SMILES string of the molecule is CCOc1ccc(S(=O)(=O)N2CCC(C(=O)N[C@H]3C(=O)NCC[C@@H]3C)CC2)cc1. The van der Waals surface area contributed by atoms with Crippen molar-refractivity contribution >= 4 is 21.8 Å². The predicted molar refractivity (Wildman–Crippen MR) is 108 cm³/mol. The number of piperidine rings is 2. The Morgan fingerprint density at radius 2 is 1.86 bits per heavy atom. The number of hydrogen-bond acceptors (Lipinski definition) is 5. The molecule has 2 fully saturated rings. The summed E-state index contributed by atoms with van der Waals surface area (Å²) in [5.74, 6) is 0.115. The molecule has 2 aliphatic rings. The van der Waals surface area contributed by atoms with Crippen LogP contribution in [-0.2, 0) is 19.6 Å². The van der Waals surface area contributed by atoms with Gasteiger partial charge in [-0.15, -0.1) is 0 Å². The molecule has 0 aromatic heterocycles. The summed E-state index contributed by atoms with van der Waals surface area (Å²) in [6.07, 6.45) is 1.70. The van der Waals surface area contributed by atoms with Crippen molar-refractivity contribution in [3.8, 4) is 5.75 Å². The minimum absolute atomic E-state index is 0.0906. The number of carbonyl (C=O) groups excluding carboxylic acids is 2. The highest BCUT2D eigenvalue weighted by Gasteiger charge is 2.35. The Balaban J connectivity index is 1.57. The first kappa shape index (κ1) is 21.6. The zero-order valence-corrected chi connectivity index (χ0v) is 17.7. The van der Waals surface area contributed by atoms with E-state index in [1.54, 1.807) is 24.3 Å². The third-order valence-corrected chi connectivity index (χ3v) is 7.56. The van der Waals surface area contributed by atoms with Gasteiger partial charge in [0.05, 0.1) is 11.5 Å². The molecule has 2 N–H and O–H groups in total. The average Bonchev–Trinajstić information content (AvgIpc) is 2.71. The van der Waals surface area contributed by atoms with Crippen molar-refractivity contribution in [2.75, 3.05) is 26.2 Å². The van der Waals surface area contributed by atoms with Crippen LogP contribution in [0.4, 0.5) is 0 Å². The first-order valence-electron chi connectivity index (χ1n) is 10.1. The fourth-order valence-corrected chi connectivity index (χ4v) is 5.29. The molecule has 0 bridgehead atoms. The normalized spacial score (nSPS) is 24.0. The zero-order valence-electron chi connectivity index (χ0n) is 16.9. The molecule has 8 nitrogen and oxygen atoms in total. The van der Waals surface area contributed by atoms with Crippen LogP contribution in [0.15, 0.2) is 29.2 Å². The fraction of sp³-hybridized carbons (Fsp3) is 0.600. The summed E-state index contributed by atoms with van der Waals surface area (Å²) in [7, 11) is -3.61. The van der Waals surface area contributed by atoms with Gasteiger partial charge >= 0.3 is 0 Å². The minimum Gasteiger partial charge on any atom is -0.494 e. The Bertz CT molecular complexity index is 832.